The summed E-state index contributed by atoms with van der Waals surface area (Å²) in [6.07, 6.45) is 5.65. The maximum absolute atomic E-state index is 4.29. The Morgan fingerprint density at radius 2 is 2.25 bits per heavy atom. The number of nitrogens with zero attached hydrogens (tertiary/aromatic N) is 1. The van der Waals surface area contributed by atoms with Gasteiger partial charge in [0.15, 0.2) is 5.96 Å². The summed E-state index contributed by atoms with van der Waals surface area (Å²) in [6.45, 7) is 3.06. The first kappa shape index (κ1) is 7.90. The molecule has 0 saturated heterocycles. The zero-order chi connectivity index (χ0) is 8.23. The van der Waals surface area contributed by atoms with Gasteiger partial charge in [-0.15, -0.1) is 0 Å². The number of nitrogens with one attached hydrogen (secondary N) is 2. The van der Waals surface area contributed by atoms with E-state index in [1.54, 1.807) is 0 Å². The van der Waals surface area contributed by atoms with Gasteiger partial charge in [0, 0.05) is 13.1 Å². The van der Waals surface area contributed by atoms with Crippen LogP contribution in [-0.2, 0) is 0 Å². The lowest BCUT2D eigenvalue weighted by molar-refractivity contribution is 0.533. The van der Waals surface area contributed by atoms with Gasteiger partial charge in [0.1, 0.15) is 0 Å². The average Bonchev–Trinajstić information content (AvgIpc) is 2.74. The molecule has 12 heavy (non-hydrogen) atoms. The molecule has 1 heterocycles. The van der Waals surface area contributed by atoms with Crippen LogP contribution in [0.25, 0.3) is 0 Å². The van der Waals surface area contributed by atoms with E-state index in [1.165, 1.54) is 25.7 Å². The molecule has 0 bridgehead atoms. The van der Waals surface area contributed by atoms with E-state index in [-0.39, 0.29) is 0 Å². The Hall–Kier alpha value is -0.730. The normalized spacial score (nSPS) is 23.8. The van der Waals surface area contributed by atoms with Crippen LogP contribution < -0.4 is 10.6 Å². The maximum Gasteiger partial charge on any atom is 0.191 e. The lowest BCUT2D eigenvalue weighted by atomic mass is 10.1. The van der Waals surface area contributed by atoms with Crippen LogP contribution in [0.15, 0.2) is 4.99 Å². The summed E-state index contributed by atoms with van der Waals surface area (Å²) in [5.74, 6) is 1.91. The van der Waals surface area contributed by atoms with Crippen molar-refractivity contribution in [3.8, 4) is 0 Å². The smallest absolute Gasteiger partial charge is 0.191 e. The quantitative estimate of drug-likeness (QED) is 0.636. The van der Waals surface area contributed by atoms with Crippen LogP contribution >= 0.6 is 0 Å². The maximum atomic E-state index is 4.29. The van der Waals surface area contributed by atoms with Crippen molar-refractivity contribution < 1.29 is 0 Å². The molecule has 0 spiro atoms. The average molecular weight is 167 g/mol. The number of hydrogen-bond acceptors (Lipinski definition) is 3. The lowest BCUT2D eigenvalue weighted by Gasteiger charge is -2.11. The topological polar surface area (TPSA) is 36.4 Å². The van der Waals surface area contributed by atoms with E-state index in [9.17, 15) is 0 Å². The fraction of sp³-hybridized carbons (Fsp3) is 0.889. The molecule has 1 fully saturated rings. The van der Waals surface area contributed by atoms with Gasteiger partial charge in [0.25, 0.3) is 0 Å². The van der Waals surface area contributed by atoms with E-state index in [2.05, 4.69) is 15.6 Å². The van der Waals surface area contributed by atoms with Crippen molar-refractivity contribution in [3.05, 3.63) is 0 Å². The number of guanidine groups is 1. The van der Waals surface area contributed by atoms with Gasteiger partial charge in [-0.2, -0.15) is 0 Å². The Bertz CT molecular complexity index is 171. The molecule has 0 radical (unpaired) electrons. The molecule has 2 N–H and O–H groups in total. The number of hydrogen-bond donors (Lipinski definition) is 2. The van der Waals surface area contributed by atoms with Crippen LogP contribution in [0.4, 0.5) is 0 Å². The Morgan fingerprint density at radius 1 is 1.42 bits per heavy atom. The largest absolute Gasteiger partial charge is 0.356 e. The van der Waals surface area contributed by atoms with E-state index in [0.717, 1.165) is 31.5 Å². The Morgan fingerprint density at radius 3 is 2.92 bits per heavy atom. The van der Waals surface area contributed by atoms with Crippen molar-refractivity contribution >= 4 is 5.96 Å². The van der Waals surface area contributed by atoms with Crippen molar-refractivity contribution in [3.63, 3.8) is 0 Å². The first-order valence-electron chi connectivity index (χ1n) is 4.97. The molecule has 0 atom stereocenters. The first-order chi connectivity index (χ1) is 5.95. The minimum Gasteiger partial charge on any atom is -0.356 e. The summed E-state index contributed by atoms with van der Waals surface area (Å²) >= 11 is 0. The van der Waals surface area contributed by atoms with Crippen LogP contribution in [0.1, 0.15) is 25.7 Å². The predicted octanol–water partition coefficient (Wildman–Crippen LogP) is 0.725. The van der Waals surface area contributed by atoms with E-state index in [0.29, 0.717) is 0 Å². The van der Waals surface area contributed by atoms with Crippen molar-refractivity contribution in [2.45, 2.75) is 25.7 Å². The molecule has 3 heteroatoms. The van der Waals surface area contributed by atoms with Gasteiger partial charge in [-0.25, -0.2) is 0 Å². The van der Waals surface area contributed by atoms with E-state index >= 15 is 0 Å². The van der Waals surface area contributed by atoms with Crippen molar-refractivity contribution in [1.82, 2.24) is 10.6 Å². The summed E-state index contributed by atoms with van der Waals surface area (Å²) in [7, 11) is 0. The highest BCUT2D eigenvalue weighted by Crippen LogP contribution is 2.23. The molecule has 0 aromatic rings. The molecule has 1 saturated carbocycles. The molecule has 2 rings (SSSR count). The van der Waals surface area contributed by atoms with Crippen LogP contribution in [-0.4, -0.2) is 25.6 Å². The summed E-state index contributed by atoms with van der Waals surface area (Å²) in [4.78, 5) is 4.29. The van der Waals surface area contributed by atoms with Crippen molar-refractivity contribution in [2.24, 2.45) is 10.9 Å². The molecule has 0 aromatic carbocycles. The molecular formula is C9H17N3. The van der Waals surface area contributed by atoms with Gasteiger partial charge in [-0.1, -0.05) is 12.8 Å². The third-order valence-electron chi connectivity index (χ3n) is 2.71. The lowest BCUT2D eigenvalue weighted by Crippen LogP contribution is -2.36. The summed E-state index contributed by atoms with van der Waals surface area (Å²) in [5, 5.41) is 6.58. The van der Waals surface area contributed by atoms with Gasteiger partial charge >= 0.3 is 0 Å². The molecule has 3 nitrogen and oxygen atoms in total. The first-order valence-corrected chi connectivity index (χ1v) is 4.97. The monoisotopic (exact) mass is 167 g/mol. The molecule has 0 unspecified atom stereocenters. The predicted molar refractivity (Wildman–Crippen MR) is 50.3 cm³/mol. The van der Waals surface area contributed by atoms with Crippen LogP contribution in [0.2, 0.25) is 0 Å². The zero-order valence-electron chi connectivity index (χ0n) is 7.47. The van der Waals surface area contributed by atoms with Gasteiger partial charge in [0.05, 0.1) is 6.54 Å². The van der Waals surface area contributed by atoms with Gasteiger partial charge < -0.3 is 10.6 Å². The van der Waals surface area contributed by atoms with E-state index in [4.69, 9.17) is 0 Å². The van der Waals surface area contributed by atoms with Crippen molar-refractivity contribution in [2.75, 3.05) is 19.6 Å². The second-order valence-electron chi connectivity index (χ2n) is 3.69. The molecule has 1 aliphatic carbocycles. The SMILES string of the molecule is C1CCC(CNC2=NCCN2)C1. The standard InChI is InChI=1S/C9H17N3/c1-2-4-8(3-1)7-12-9-10-5-6-11-9/h8H,1-7H2,(H2,10,11,12). The second-order valence-corrected chi connectivity index (χ2v) is 3.69. The number of rotatable bonds is 2. The summed E-state index contributed by atoms with van der Waals surface area (Å²) in [6, 6.07) is 0. The third kappa shape index (κ3) is 1.90. The van der Waals surface area contributed by atoms with Gasteiger partial charge in [-0.3, -0.25) is 4.99 Å². The third-order valence-corrected chi connectivity index (χ3v) is 2.71. The molecular weight excluding hydrogens is 150 g/mol. The van der Waals surface area contributed by atoms with E-state index in [1.807, 2.05) is 0 Å². The fourth-order valence-corrected chi connectivity index (χ4v) is 1.97. The zero-order valence-corrected chi connectivity index (χ0v) is 7.47. The minimum absolute atomic E-state index is 0.898. The highest BCUT2D eigenvalue weighted by Gasteiger charge is 2.15. The fourth-order valence-electron chi connectivity index (χ4n) is 1.97. The van der Waals surface area contributed by atoms with Crippen molar-refractivity contribution in [1.29, 1.82) is 0 Å². The Balaban J connectivity index is 1.67. The summed E-state index contributed by atoms with van der Waals surface area (Å²) in [5.41, 5.74) is 0. The van der Waals surface area contributed by atoms with Crippen LogP contribution in [0.5, 0.6) is 0 Å². The molecule has 0 amide bonds. The van der Waals surface area contributed by atoms with Crippen LogP contribution in [0, 0.1) is 5.92 Å². The number of aliphatic imine (C=N–C) groups is 1. The van der Waals surface area contributed by atoms with Gasteiger partial charge in [0.2, 0.25) is 0 Å². The molecule has 1 aliphatic heterocycles. The second kappa shape index (κ2) is 3.78. The molecule has 68 valence electrons. The van der Waals surface area contributed by atoms with Crippen LogP contribution in [0.3, 0.4) is 0 Å². The Kier molecular flexibility index (Phi) is 2.49. The molecule has 2 aliphatic rings. The molecule has 0 aromatic heterocycles. The summed E-state index contributed by atoms with van der Waals surface area (Å²) < 4.78 is 0. The van der Waals surface area contributed by atoms with Gasteiger partial charge in [-0.05, 0) is 18.8 Å². The highest BCUT2D eigenvalue weighted by molar-refractivity contribution is 5.81. The minimum atomic E-state index is 0.898. The van der Waals surface area contributed by atoms with E-state index < -0.39 is 0 Å². The highest BCUT2D eigenvalue weighted by atomic mass is 15.2. The Labute approximate surface area is 73.6 Å².